The first-order valence-corrected chi connectivity index (χ1v) is 14.3. The highest BCUT2D eigenvalue weighted by Crippen LogP contribution is 2.39. The summed E-state index contributed by atoms with van der Waals surface area (Å²) < 4.78 is 4.07. The van der Waals surface area contributed by atoms with E-state index in [-0.39, 0.29) is 17.9 Å². The van der Waals surface area contributed by atoms with Crippen molar-refractivity contribution in [2.75, 3.05) is 0 Å². The number of carbonyl (C=O) groups excluding carboxylic acids is 2. The minimum Gasteiger partial charge on any atom is -0.351 e. The molecule has 1 aliphatic heterocycles. The molecule has 1 saturated carbocycles. The van der Waals surface area contributed by atoms with E-state index in [9.17, 15) is 9.59 Å². The predicted molar refractivity (Wildman–Crippen MR) is 155 cm³/mol. The van der Waals surface area contributed by atoms with Crippen molar-refractivity contribution in [2.24, 2.45) is 5.92 Å². The Hall–Kier alpha value is -3.51. The van der Waals surface area contributed by atoms with Crippen LogP contribution >= 0.6 is 11.6 Å². The lowest BCUT2D eigenvalue weighted by Gasteiger charge is -2.45. The van der Waals surface area contributed by atoms with Crippen LogP contribution in [0, 0.1) is 12.8 Å². The first kappa shape index (κ1) is 25.8. The van der Waals surface area contributed by atoms with E-state index in [4.69, 9.17) is 11.6 Å². The molecular formula is C32H35ClN4O2. The third-order valence-corrected chi connectivity index (χ3v) is 8.91. The topological polar surface area (TPSA) is 59.3 Å². The number of nitrogens with zero attached hydrogens (tertiary/aromatic N) is 3. The monoisotopic (exact) mass is 542 g/mol. The van der Waals surface area contributed by atoms with E-state index in [0.29, 0.717) is 29.7 Å². The van der Waals surface area contributed by atoms with Crippen molar-refractivity contribution in [3.8, 4) is 5.69 Å². The molecule has 2 aromatic carbocycles. The quantitative estimate of drug-likeness (QED) is 0.313. The number of rotatable bonds is 5. The largest absolute Gasteiger partial charge is 0.351 e. The van der Waals surface area contributed by atoms with Gasteiger partial charge in [0.05, 0.1) is 17.7 Å². The van der Waals surface area contributed by atoms with E-state index in [1.165, 1.54) is 0 Å². The molecule has 0 saturated heterocycles. The Morgan fingerprint density at radius 3 is 2.44 bits per heavy atom. The average molecular weight is 543 g/mol. The summed E-state index contributed by atoms with van der Waals surface area (Å²) in [5.74, 6) is 0.450. The maximum Gasteiger partial charge on any atom is 0.273 e. The zero-order chi connectivity index (χ0) is 27.3. The maximum absolute atomic E-state index is 14.6. The number of aromatic nitrogens is 2. The Morgan fingerprint density at radius 1 is 1.05 bits per heavy atom. The van der Waals surface area contributed by atoms with Gasteiger partial charge in [0.15, 0.2) is 0 Å². The van der Waals surface area contributed by atoms with Crippen LogP contribution in [0.1, 0.15) is 61.1 Å². The van der Waals surface area contributed by atoms with E-state index < -0.39 is 5.54 Å². The zero-order valence-electron chi connectivity index (χ0n) is 22.8. The highest BCUT2D eigenvalue weighted by atomic mass is 35.5. The third kappa shape index (κ3) is 4.55. The summed E-state index contributed by atoms with van der Waals surface area (Å²) in [5, 5.41) is 4.99. The molecule has 1 aliphatic carbocycles. The van der Waals surface area contributed by atoms with Crippen molar-refractivity contribution in [2.45, 2.75) is 71.1 Å². The Morgan fingerprint density at radius 2 is 1.74 bits per heavy atom. The Kier molecular flexibility index (Phi) is 6.54. The average Bonchev–Trinajstić information content (AvgIpc) is 3.55. The smallest absolute Gasteiger partial charge is 0.273 e. The van der Waals surface area contributed by atoms with Gasteiger partial charge in [0.2, 0.25) is 5.91 Å². The van der Waals surface area contributed by atoms with Crippen LogP contribution in [-0.2, 0) is 17.9 Å². The van der Waals surface area contributed by atoms with Crippen LogP contribution in [0.4, 0.5) is 0 Å². The van der Waals surface area contributed by atoms with Crippen LogP contribution < -0.4 is 5.32 Å². The molecule has 1 atom stereocenters. The van der Waals surface area contributed by atoms with Crippen molar-refractivity contribution in [3.05, 3.63) is 88.8 Å². The predicted octanol–water partition coefficient (Wildman–Crippen LogP) is 6.50. The van der Waals surface area contributed by atoms with Crippen LogP contribution in [0.15, 0.2) is 67.0 Å². The third-order valence-electron chi connectivity index (χ3n) is 8.66. The van der Waals surface area contributed by atoms with Crippen molar-refractivity contribution < 1.29 is 9.59 Å². The van der Waals surface area contributed by atoms with Gasteiger partial charge in [-0.2, -0.15) is 0 Å². The fourth-order valence-corrected chi connectivity index (χ4v) is 6.41. The van der Waals surface area contributed by atoms with Crippen molar-refractivity contribution in [3.63, 3.8) is 0 Å². The van der Waals surface area contributed by atoms with Gasteiger partial charge in [0, 0.05) is 35.4 Å². The highest BCUT2D eigenvalue weighted by molar-refractivity contribution is 6.30. The van der Waals surface area contributed by atoms with Gasteiger partial charge in [0.1, 0.15) is 11.2 Å². The molecule has 0 radical (unpaired) electrons. The molecule has 0 unspecified atom stereocenters. The zero-order valence-corrected chi connectivity index (χ0v) is 23.5. The normalized spacial score (nSPS) is 23.2. The first-order chi connectivity index (χ1) is 18.7. The lowest BCUT2D eigenvalue weighted by atomic mass is 9.86. The van der Waals surface area contributed by atoms with E-state index in [0.717, 1.165) is 53.4 Å². The number of fused-ring (bicyclic) bond motifs is 3. The SMILES string of the molecule is Cc1ccc2c(c1)c(-n1cccc1)c1n2C[C@](C)(C(=O)NC2CCC(C)CC2)N(Cc2ccc(Cl)cc2)C1=O. The second-order valence-electron chi connectivity index (χ2n) is 11.6. The molecule has 6 rings (SSSR count). The molecule has 202 valence electrons. The molecule has 1 fully saturated rings. The number of hydrogen-bond acceptors (Lipinski definition) is 2. The second kappa shape index (κ2) is 9.91. The first-order valence-electron chi connectivity index (χ1n) is 13.9. The van der Waals surface area contributed by atoms with E-state index in [2.05, 4.69) is 41.9 Å². The van der Waals surface area contributed by atoms with Crippen molar-refractivity contribution >= 4 is 34.3 Å². The molecule has 6 nitrogen and oxygen atoms in total. The van der Waals surface area contributed by atoms with Crippen LogP contribution in [-0.4, -0.2) is 37.4 Å². The van der Waals surface area contributed by atoms with Gasteiger partial charge in [-0.25, -0.2) is 0 Å². The highest BCUT2D eigenvalue weighted by Gasteiger charge is 2.49. The molecule has 2 amide bonds. The van der Waals surface area contributed by atoms with Crippen LogP contribution in [0.25, 0.3) is 16.6 Å². The Balaban J connectivity index is 1.48. The standard InChI is InChI=1S/C32H35ClN4O2/c1-21-6-13-25(14-7-21)34-31(39)32(3)20-36-27-15-8-22(2)18-26(27)28(35-16-4-5-17-35)29(36)30(38)37(32)19-23-9-11-24(33)12-10-23/h4-5,8-12,15-18,21,25H,6-7,13-14,19-20H2,1-3H3,(H,34,39)/t21?,25?,32-/m1/s1. The van der Waals surface area contributed by atoms with Gasteiger partial charge in [-0.3, -0.25) is 9.59 Å². The second-order valence-corrected chi connectivity index (χ2v) is 12.1. The molecule has 1 N–H and O–H groups in total. The van der Waals surface area contributed by atoms with Crippen molar-refractivity contribution in [1.29, 1.82) is 0 Å². The summed E-state index contributed by atoms with van der Waals surface area (Å²) in [6, 6.07) is 17.9. The lowest BCUT2D eigenvalue weighted by molar-refractivity contribution is -0.134. The molecular weight excluding hydrogens is 508 g/mol. The molecule has 3 heterocycles. The van der Waals surface area contributed by atoms with Crippen LogP contribution in [0.5, 0.6) is 0 Å². The van der Waals surface area contributed by atoms with Gasteiger partial charge >= 0.3 is 0 Å². The summed E-state index contributed by atoms with van der Waals surface area (Å²) >= 11 is 6.16. The van der Waals surface area contributed by atoms with E-state index in [1.807, 2.05) is 60.3 Å². The van der Waals surface area contributed by atoms with E-state index >= 15 is 0 Å². The lowest BCUT2D eigenvalue weighted by Crippen LogP contribution is -2.64. The molecule has 4 aromatic rings. The Labute approximate surface area is 234 Å². The summed E-state index contributed by atoms with van der Waals surface area (Å²) in [4.78, 5) is 30.5. The van der Waals surface area contributed by atoms with Gasteiger partial charge in [-0.05, 0) is 87.4 Å². The van der Waals surface area contributed by atoms with Gasteiger partial charge in [0.25, 0.3) is 5.91 Å². The maximum atomic E-state index is 14.6. The summed E-state index contributed by atoms with van der Waals surface area (Å²) in [6.07, 6.45) is 8.12. The molecule has 0 spiro atoms. The number of carbonyl (C=O) groups is 2. The van der Waals surface area contributed by atoms with E-state index in [1.54, 1.807) is 4.90 Å². The number of benzene rings is 2. The fourth-order valence-electron chi connectivity index (χ4n) is 6.28. The number of amides is 2. The minimum absolute atomic E-state index is 0.0912. The van der Waals surface area contributed by atoms with Crippen LogP contribution in [0.3, 0.4) is 0 Å². The molecule has 7 heteroatoms. The van der Waals surface area contributed by atoms with Crippen LogP contribution in [0.2, 0.25) is 5.02 Å². The number of nitrogens with one attached hydrogen (secondary N) is 1. The number of halogens is 1. The summed E-state index contributed by atoms with van der Waals surface area (Å²) in [5.41, 5.74) is 3.41. The van der Waals surface area contributed by atoms with Gasteiger partial charge < -0.3 is 19.4 Å². The summed E-state index contributed by atoms with van der Waals surface area (Å²) in [6.45, 7) is 6.94. The number of hydrogen-bond donors (Lipinski definition) is 1. The molecule has 2 aromatic heterocycles. The van der Waals surface area contributed by atoms with Crippen molar-refractivity contribution in [1.82, 2.24) is 19.4 Å². The summed E-state index contributed by atoms with van der Waals surface area (Å²) in [7, 11) is 0. The number of aryl methyl sites for hydroxylation is 1. The Bertz CT molecular complexity index is 1530. The molecule has 2 aliphatic rings. The minimum atomic E-state index is -1.07. The molecule has 0 bridgehead atoms. The fraction of sp³-hybridized carbons (Fsp3) is 0.375. The van der Waals surface area contributed by atoms with Gasteiger partial charge in [-0.1, -0.05) is 42.3 Å². The van der Waals surface area contributed by atoms with Gasteiger partial charge in [-0.15, -0.1) is 0 Å². The molecule has 39 heavy (non-hydrogen) atoms.